The van der Waals surface area contributed by atoms with Crippen LogP contribution in [0.4, 0.5) is 0 Å². The third-order valence-electron chi connectivity index (χ3n) is 4.41. The zero-order chi connectivity index (χ0) is 14.2. The minimum Gasteiger partial charge on any atom is -0.352 e. The van der Waals surface area contributed by atoms with Crippen molar-refractivity contribution >= 4 is 24.8 Å². The second-order valence-electron chi connectivity index (χ2n) is 6.63. The fourth-order valence-corrected chi connectivity index (χ4v) is 4.92. The van der Waals surface area contributed by atoms with Gasteiger partial charge in [0.2, 0.25) is 0 Å². The van der Waals surface area contributed by atoms with Crippen LogP contribution in [-0.2, 0) is 0 Å². The average Bonchev–Trinajstić information content (AvgIpc) is 2.85. The molecule has 4 heteroatoms. The number of para-hydroxylation sites is 1. The molecule has 0 atom stereocenters. The van der Waals surface area contributed by atoms with E-state index < -0.39 is 8.07 Å². The van der Waals surface area contributed by atoms with Crippen molar-refractivity contribution in [1.29, 1.82) is 0 Å². The minimum absolute atomic E-state index is 0.211. The molecule has 1 aliphatic rings. The number of carbonyl (C=O) groups is 1. The van der Waals surface area contributed by atoms with Gasteiger partial charge in [0.15, 0.2) is 5.78 Å². The number of aromatic amines is 1. The third kappa shape index (κ3) is 2.86. The van der Waals surface area contributed by atoms with E-state index in [1.165, 1.54) is 12.1 Å². The van der Waals surface area contributed by atoms with Crippen LogP contribution in [0.3, 0.4) is 0 Å². The zero-order valence-corrected chi connectivity index (χ0v) is 13.3. The van der Waals surface area contributed by atoms with Gasteiger partial charge >= 0.3 is 0 Å². The minimum atomic E-state index is -0.950. The summed E-state index contributed by atoms with van der Waals surface area (Å²) in [7, 11) is -0.950. The Morgan fingerprint density at radius 1 is 1.25 bits per heavy atom. The Morgan fingerprint density at radius 2 is 1.95 bits per heavy atom. The summed E-state index contributed by atoms with van der Waals surface area (Å²) in [6.45, 7) is 7.63. The van der Waals surface area contributed by atoms with Gasteiger partial charge in [0, 0.05) is 19.0 Å². The maximum atomic E-state index is 12.4. The van der Waals surface area contributed by atoms with Gasteiger partial charge in [-0.05, 0) is 37.3 Å². The quantitative estimate of drug-likeness (QED) is 0.693. The fraction of sp³-hybridized carbons (Fsp3) is 0.438. The highest BCUT2D eigenvalue weighted by atomic mass is 28.3. The Bertz CT molecular complexity index is 589. The standard InChI is InChI=1S/C16H22N2OSi/c1-20(2)9-7-18(8-10-20)12-16(19)15-11-13-5-3-4-6-14(13)17-15/h3-6,11,17H,7-10,12H2,1-2H3. The van der Waals surface area contributed by atoms with Crippen molar-refractivity contribution in [2.75, 3.05) is 19.6 Å². The van der Waals surface area contributed by atoms with E-state index >= 15 is 0 Å². The van der Waals surface area contributed by atoms with Gasteiger partial charge < -0.3 is 4.98 Å². The number of aromatic nitrogens is 1. The Morgan fingerprint density at radius 3 is 2.65 bits per heavy atom. The first kappa shape index (κ1) is 13.6. The fourth-order valence-electron chi connectivity index (χ4n) is 2.83. The number of ketones is 1. The number of H-pyrrole nitrogens is 1. The summed E-state index contributed by atoms with van der Waals surface area (Å²) in [6, 6.07) is 12.6. The van der Waals surface area contributed by atoms with Gasteiger partial charge in [-0.2, -0.15) is 0 Å². The van der Waals surface area contributed by atoms with Crippen LogP contribution in [0.15, 0.2) is 30.3 Å². The van der Waals surface area contributed by atoms with E-state index in [4.69, 9.17) is 0 Å². The normalized spacial score (nSPS) is 19.3. The molecular weight excluding hydrogens is 264 g/mol. The Balaban J connectivity index is 1.67. The summed E-state index contributed by atoms with van der Waals surface area (Å²) in [5, 5.41) is 1.11. The van der Waals surface area contributed by atoms with Crippen LogP contribution in [-0.4, -0.2) is 43.4 Å². The molecule has 1 N–H and O–H groups in total. The molecule has 0 aliphatic carbocycles. The summed E-state index contributed by atoms with van der Waals surface area (Å²) in [5.74, 6) is 0.211. The maximum absolute atomic E-state index is 12.4. The summed E-state index contributed by atoms with van der Waals surface area (Å²) in [4.78, 5) is 17.9. The van der Waals surface area contributed by atoms with E-state index in [-0.39, 0.29) is 5.78 Å². The lowest BCUT2D eigenvalue weighted by molar-refractivity contribution is 0.0930. The predicted molar refractivity (Wildman–Crippen MR) is 86.2 cm³/mol. The number of Topliss-reactive ketones (excluding diaryl/α,β-unsaturated/α-hetero) is 1. The second-order valence-corrected chi connectivity index (χ2v) is 12.0. The summed E-state index contributed by atoms with van der Waals surface area (Å²) in [6.07, 6.45) is 0. The monoisotopic (exact) mass is 286 g/mol. The van der Waals surface area contributed by atoms with Crippen molar-refractivity contribution in [2.45, 2.75) is 25.2 Å². The number of fused-ring (bicyclic) bond motifs is 1. The average molecular weight is 286 g/mol. The number of hydrogen-bond donors (Lipinski definition) is 1. The van der Waals surface area contributed by atoms with Gasteiger partial charge in [0.05, 0.1) is 12.2 Å². The van der Waals surface area contributed by atoms with Crippen LogP contribution in [0.2, 0.25) is 25.2 Å². The molecule has 1 fully saturated rings. The van der Waals surface area contributed by atoms with Crippen LogP contribution in [0, 0.1) is 0 Å². The lowest BCUT2D eigenvalue weighted by atomic mass is 10.2. The number of hydrogen-bond acceptors (Lipinski definition) is 2. The number of nitrogens with zero attached hydrogens (tertiary/aromatic N) is 1. The molecule has 1 aliphatic heterocycles. The van der Waals surface area contributed by atoms with Crippen molar-refractivity contribution in [2.24, 2.45) is 0 Å². The lowest BCUT2D eigenvalue weighted by Crippen LogP contribution is -2.44. The molecule has 1 aromatic carbocycles. The predicted octanol–water partition coefficient (Wildman–Crippen LogP) is 3.37. The van der Waals surface area contributed by atoms with Gasteiger partial charge in [-0.15, -0.1) is 0 Å². The van der Waals surface area contributed by atoms with E-state index in [0.717, 1.165) is 29.7 Å². The number of carbonyl (C=O) groups excluding carboxylic acids is 1. The van der Waals surface area contributed by atoms with Crippen LogP contribution in [0.5, 0.6) is 0 Å². The highest BCUT2D eigenvalue weighted by Gasteiger charge is 2.28. The number of benzene rings is 1. The smallest absolute Gasteiger partial charge is 0.192 e. The molecule has 0 saturated carbocycles. The molecule has 106 valence electrons. The lowest BCUT2D eigenvalue weighted by Gasteiger charge is -2.35. The molecule has 0 bridgehead atoms. The van der Waals surface area contributed by atoms with Gasteiger partial charge in [-0.3, -0.25) is 9.69 Å². The van der Waals surface area contributed by atoms with E-state index in [1.54, 1.807) is 0 Å². The first-order chi connectivity index (χ1) is 9.53. The van der Waals surface area contributed by atoms with Crippen molar-refractivity contribution in [3.63, 3.8) is 0 Å². The molecule has 3 nitrogen and oxygen atoms in total. The molecule has 3 rings (SSSR count). The first-order valence-electron chi connectivity index (χ1n) is 7.37. The molecule has 0 radical (unpaired) electrons. The van der Waals surface area contributed by atoms with E-state index in [9.17, 15) is 4.79 Å². The van der Waals surface area contributed by atoms with Gasteiger partial charge in [-0.25, -0.2) is 0 Å². The van der Waals surface area contributed by atoms with E-state index in [0.29, 0.717) is 6.54 Å². The topological polar surface area (TPSA) is 36.1 Å². The van der Waals surface area contributed by atoms with Crippen LogP contribution in [0.25, 0.3) is 10.9 Å². The largest absolute Gasteiger partial charge is 0.352 e. The van der Waals surface area contributed by atoms with Gasteiger partial charge in [0.1, 0.15) is 0 Å². The SMILES string of the molecule is C[Si]1(C)CCN(CC(=O)c2cc3ccccc3[nH]2)CC1. The van der Waals surface area contributed by atoms with Gasteiger partial charge in [0.25, 0.3) is 0 Å². The summed E-state index contributed by atoms with van der Waals surface area (Å²) in [5.41, 5.74) is 1.79. The second kappa shape index (κ2) is 5.18. The molecule has 2 heterocycles. The molecule has 1 saturated heterocycles. The van der Waals surface area contributed by atoms with Crippen molar-refractivity contribution < 1.29 is 4.79 Å². The molecule has 0 spiro atoms. The highest BCUT2D eigenvalue weighted by molar-refractivity contribution is 6.77. The Kier molecular flexibility index (Phi) is 3.52. The molecular formula is C16H22N2OSi. The molecule has 20 heavy (non-hydrogen) atoms. The van der Waals surface area contributed by atoms with Crippen LogP contribution < -0.4 is 0 Å². The first-order valence-corrected chi connectivity index (χ1v) is 10.8. The van der Waals surface area contributed by atoms with Crippen LogP contribution >= 0.6 is 0 Å². The van der Waals surface area contributed by atoms with E-state index in [2.05, 4.69) is 23.0 Å². The molecule has 2 aromatic rings. The van der Waals surface area contributed by atoms with E-state index in [1.807, 2.05) is 30.3 Å². The number of rotatable bonds is 3. The van der Waals surface area contributed by atoms with Crippen LogP contribution in [0.1, 0.15) is 10.5 Å². The zero-order valence-electron chi connectivity index (χ0n) is 12.3. The maximum Gasteiger partial charge on any atom is 0.192 e. The molecule has 0 unspecified atom stereocenters. The highest BCUT2D eigenvalue weighted by Crippen LogP contribution is 2.22. The van der Waals surface area contributed by atoms with Crippen molar-refractivity contribution in [3.05, 3.63) is 36.0 Å². The third-order valence-corrected chi connectivity index (χ3v) is 7.56. The summed E-state index contributed by atoms with van der Waals surface area (Å²) >= 11 is 0. The molecule has 1 aromatic heterocycles. The Labute approximate surface area is 121 Å². The van der Waals surface area contributed by atoms with Gasteiger partial charge in [-0.1, -0.05) is 31.3 Å². The number of nitrogens with one attached hydrogen (secondary N) is 1. The Hall–Kier alpha value is -1.39. The van der Waals surface area contributed by atoms with Crippen molar-refractivity contribution in [3.8, 4) is 0 Å². The molecule has 0 amide bonds. The van der Waals surface area contributed by atoms with Crippen molar-refractivity contribution in [1.82, 2.24) is 9.88 Å². The summed E-state index contributed by atoms with van der Waals surface area (Å²) < 4.78 is 0.